The Bertz CT molecular complexity index is 420. The molecule has 92 valence electrons. The zero-order valence-electron chi connectivity index (χ0n) is 9.91. The van der Waals surface area contributed by atoms with E-state index in [-0.39, 0.29) is 5.91 Å². The van der Waals surface area contributed by atoms with E-state index in [1.807, 2.05) is 23.1 Å². The van der Waals surface area contributed by atoms with Gasteiger partial charge >= 0.3 is 0 Å². The van der Waals surface area contributed by atoms with Gasteiger partial charge in [-0.05, 0) is 25.0 Å². The van der Waals surface area contributed by atoms with Crippen molar-refractivity contribution in [2.24, 2.45) is 0 Å². The predicted molar refractivity (Wildman–Crippen MR) is 72.1 cm³/mol. The van der Waals surface area contributed by atoms with E-state index in [0.29, 0.717) is 6.42 Å². The summed E-state index contributed by atoms with van der Waals surface area (Å²) < 4.78 is 5.35. The summed E-state index contributed by atoms with van der Waals surface area (Å²) in [5, 5.41) is 0.913. The van der Waals surface area contributed by atoms with Crippen LogP contribution in [0, 0.1) is 0 Å². The lowest BCUT2D eigenvalue weighted by Crippen LogP contribution is -2.36. The Hall–Kier alpha value is -1.03. The molecule has 3 nitrogen and oxygen atoms in total. The minimum Gasteiger partial charge on any atom is -0.496 e. The Labute approximate surface area is 110 Å². The Kier molecular flexibility index (Phi) is 4.05. The first kappa shape index (κ1) is 12.4. The fraction of sp³-hybridized carbons (Fsp3) is 0.462. The lowest BCUT2D eigenvalue weighted by molar-refractivity contribution is -0.118. The molecule has 0 saturated heterocycles. The Balaban J connectivity index is 2.34. The summed E-state index contributed by atoms with van der Waals surface area (Å²) in [7, 11) is 1.68. The fourth-order valence-corrected chi connectivity index (χ4v) is 2.46. The lowest BCUT2D eigenvalue weighted by atomic mass is 10.00. The van der Waals surface area contributed by atoms with Gasteiger partial charge in [0.2, 0.25) is 5.91 Å². The van der Waals surface area contributed by atoms with Crippen molar-refractivity contribution in [3.63, 3.8) is 0 Å². The zero-order chi connectivity index (χ0) is 12.3. The molecule has 0 radical (unpaired) electrons. The number of halogens is 1. The van der Waals surface area contributed by atoms with E-state index in [2.05, 4.69) is 15.9 Å². The van der Waals surface area contributed by atoms with Crippen molar-refractivity contribution in [2.75, 3.05) is 23.9 Å². The van der Waals surface area contributed by atoms with Crippen LogP contribution in [-0.2, 0) is 11.2 Å². The summed E-state index contributed by atoms with van der Waals surface area (Å²) >= 11 is 3.40. The second-order valence-corrected chi connectivity index (χ2v) is 4.84. The smallest absolute Gasteiger partial charge is 0.227 e. The van der Waals surface area contributed by atoms with E-state index < -0.39 is 0 Å². The van der Waals surface area contributed by atoms with Gasteiger partial charge in [-0.3, -0.25) is 4.79 Å². The summed E-state index contributed by atoms with van der Waals surface area (Å²) in [5.41, 5.74) is 2.17. The van der Waals surface area contributed by atoms with Gasteiger partial charge in [0.15, 0.2) is 0 Å². The van der Waals surface area contributed by atoms with E-state index in [1.54, 1.807) is 7.11 Å². The number of fused-ring (bicyclic) bond motifs is 1. The molecule has 0 fully saturated rings. The molecule has 0 atom stereocenters. The monoisotopic (exact) mass is 297 g/mol. The van der Waals surface area contributed by atoms with Crippen LogP contribution in [0.5, 0.6) is 5.75 Å². The second kappa shape index (κ2) is 5.54. The van der Waals surface area contributed by atoms with Crippen molar-refractivity contribution in [3.8, 4) is 5.75 Å². The van der Waals surface area contributed by atoms with Crippen LogP contribution in [0.3, 0.4) is 0 Å². The molecule has 0 aromatic heterocycles. The van der Waals surface area contributed by atoms with Crippen LogP contribution >= 0.6 is 15.9 Å². The topological polar surface area (TPSA) is 29.5 Å². The quantitative estimate of drug-likeness (QED) is 0.800. The van der Waals surface area contributed by atoms with Crippen LogP contribution in [0.25, 0.3) is 0 Å². The molecule has 1 amide bonds. The maximum absolute atomic E-state index is 11.9. The van der Waals surface area contributed by atoms with Crippen molar-refractivity contribution >= 4 is 27.5 Å². The average Bonchev–Trinajstić information content (AvgIpc) is 2.36. The van der Waals surface area contributed by atoms with E-state index in [0.717, 1.165) is 41.7 Å². The van der Waals surface area contributed by atoms with Gasteiger partial charge in [0, 0.05) is 23.9 Å². The number of nitrogens with zero attached hydrogens (tertiary/aromatic N) is 1. The van der Waals surface area contributed by atoms with Crippen LogP contribution in [0.2, 0.25) is 0 Å². The van der Waals surface area contributed by atoms with Crippen molar-refractivity contribution in [3.05, 3.63) is 23.8 Å². The molecule has 1 aromatic carbocycles. The number of carbonyl (C=O) groups excluding carboxylic acids is 1. The summed E-state index contributed by atoms with van der Waals surface area (Å²) in [6.45, 7) is 0.768. The molecule has 0 saturated carbocycles. The van der Waals surface area contributed by atoms with Crippen molar-refractivity contribution in [2.45, 2.75) is 19.3 Å². The largest absolute Gasteiger partial charge is 0.496 e. The van der Waals surface area contributed by atoms with Crippen LogP contribution in [0.15, 0.2) is 18.2 Å². The van der Waals surface area contributed by atoms with Crippen LogP contribution in [-0.4, -0.2) is 24.9 Å². The molecule has 1 aliphatic rings. The summed E-state index contributed by atoms with van der Waals surface area (Å²) in [4.78, 5) is 13.8. The van der Waals surface area contributed by atoms with Gasteiger partial charge in [0.05, 0.1) is 12.8 Å². The first-order chi connectivity index (χ1) is 8.27. The molecular formula is C13H16BrNO2. The SMILES string of the molecule is COc1cccc2c1CCC(=O)N2CCCBr. The molecule has 4 heteroatoms. The maximum Gasteiger partial charge on any atom is 0.227 e. The highest BCUT2D eigenvalue weighted by molar-refractivity contribution is 9.09. The lowest BCUT2D eigenvalue weighted by Gasteiger charge is -2.30. The van der Waals surface area contributed by atoms with Gasteiger partial charge in [-0.1, -0.05) is 22.0 Å². The number of amides is 1. The highest BCUT2D eigenvalue weighted by Crippen LogP contribution is 2.34. The zero-order valence-corrected chi connectivity index (χ0v) is 11.5. The molecule has 1 aliphatic heterocycles. The molecule has 17 heavy (non-hydrogen) atoms. The van der Waals surface area contributed by atoms with E-state index in [1.165, 1.54) is 0 Å². The molecule has 0 aliphatic carbocycles. The Morgan fingerprint density at radius 2 is 2.24 bits per heavy atom. The minimum atomic E-state index is 0.215. The predicted octanol–water partition coefficient (Wildman–Crippen LogP) is 2.76. The molecule has 0 bridgehead atoms. The van der Waals surface area contributed by atoms with Gasteiger partial charge in [0.25, 0.3) is 0 Å². The van der Waals surface area contributed by atoms with Crippen molar-refractivity contribution < 1.29 is 9.53 Å². The number of rotatable bonds is 4. The number of carbonyl (C=O) groups is 1. The first-order valence-electron chi connectivity index (χ1n) is 5.80. The molecule has 0 spiro atoms. The van der Waals surface area contributed by atoms with Crippen LogP contribution < -0.4 is 9.64 Å². The Morgan fingerprint density at radius 1 is 1.41 bits per heavy atom. The van der Waals surface area contributed by atoms with Crippen molar-refractivity contribution in [1.82, 2.24) is 0 Å². The number of methoxy groups -OCH3 is 1. The van der Waals surface area contributed by atoms with Crippen LogP contribution in [0.4, 0.5) is 5.69 Å². The van der Waals surface area contributed by atoms with E-state index in [4.69, 9.17) is 4.74 Å². The van der Waals surface area contributed by atoms with Gasteiger partial charge in [-0.15, -0.1) is 0 Å². The number of ether oxygens (including phenoxy) is 1. The van der Waals surface area contributed by atoms with Gasteiger partial charge in [-0.2, -0.15) is 0 Å². The van der Waals surface area contributed by atoms with Crippen LogP contribution in [0.1, 0.15) is 18.4 Å². The molecular weight excluding hydrogens is 282 g/mol. The number of benzene rings is 1. The third-order valence-electron chi connectivity index (χ3n) is 3.02. The number of hydrogen-bond acceptors (Lipinski definition) is 2. The van der Waals surface area contributed by atoms with E-state index in [9.17, 15) is 4.79 Å². The molecule has 1 aromatic rings. The molecule has 2 rings (SSSR count). The molecule has 0 unspecified atom stereocenters. The summed E-state index contributed by atoms with van der Waals surface area (Å²) in [6, 6.07) is 5.90. The highest BCUT2D eigenvalue weighted by atomic mass is 79.9. The third-order valence-corrected chi connectivity index (χ3v) is 3.59. The minimum absolute atomic E-state index is 0.215. The average molecular weight is 298 g/mol. The number of hydrogen-bond donors (Lipinski definition) is 0. The highest BCUT2D eigenvalue weighted by Gasteiger charge is 2.25. The van der Waals surface area contributed by atoms with E-state index >= 15 is 0 Å². The second-order valence-electron chi connectivity index (χ2n) is 4.05. The van der Waals surface area contributed by atoms with Gasteiger partial charge < -0.3 is 9.64 Å². The molecule has 0 N–H and O–H groups in total. The summed E-state index contributed by atoms with van der Waals surface area (Å²) in [6.07, 6.45) is 2.32. The fourth-order valence-electron chi connectivity index (χ4n) is 2.21. The number of anilines is 1. The first-order valence-corrected chi connectivity index (χ1v) is 6.92. The Morgan fingerprint density at radius 3 is 2.94 bits per heavy atom. The van der Waals surface area contributed by atoms with Gasteiger partial charge in [-0.25, -0.2) is 0 Å². The number of alkyl halides is 1. The molecule has 1 heterocycles. The summed E-state index contributed by atoms with van der Waals surface area (Å²) in [5.74, 6) is 1.10. The standard InChI is InChI=1S/C13H16BrNO2/c1-17-12-5-2-4-11-10(12)6-7-13(16)15(11)9-3-8-14/h2,4-5H,3,6-9H2,1H3. The van der Waals surface area contributed by atoms with Gasteiger partial charge in [0.1, 0.15) is 5.75 Å². The maximum atomic E-state index is 11.9. The van der Waals surface area contributed by atoms with Crippen molar-refractivity contribution in [1.29, 1.82) is 0 Å². The normalized spacial score (nSPS) is 14.7. The third kappa shape index (κ3) is 2.46.